The van der Waals surface area contributed by atoms with Crippen molar-refractivity contribution < 1.29 is 0 Å². The van der Waals surface area contributed by atoms with Crippen molar-refractivity contribution in [1.29, 1.82) is 0 Å². The van der Waals surface area contributed by atoms with Crippen LogP contribution in [-0.2, 0) is 6.54 Å². The third-order valence-corrected chi connectivity index (χ3v) is 6.73. The Balaban J connectivity index is 1.22. The van der Waals surface area contributed by atoms with E-state index in [1.54, 1.807) is 0 Å². The lowest BCUT2D eigenvalue weighted by molar-refractivity contribution is 0.00590. The van der Waals surface area contributed by atoms with Crippen LogP contribution >= 0.6 is 0 Å². The van der Waals surface area contributed by atoms with Gasteiger partial charge in [-0.1, -0.05) is 91.0 Å². The Morgan fingerprint density at radius 2 is 1.17 bits per heavy atom. The fourth-order valence-electron chi connectivity index (χ4n) is 5.33. The second-order valence-electron chi connectivity index (χ2n) is 8.99. The molecule has 2 heterocycles. The van der Waals surface area contributed by atoms with Gasteiger partial charge in [0.1, 0.15) is 0 Å². The highest BCUT2D eigenvalue weighted by Crippen LogP contribution is 2.41. The average molecular weight is 383 g/mol. The lowest BCUT2D eigenvalue weighted by Crippen LogP contribution is -2.58. The van der Waals surface area contributed by atoms with Gasteiger partial charge in [0.05, 0.1) is 0 Å². The van der Waals surface area contributed by atoms with Crippen LogP contribution < -0.4 is 0 Å². The first-order chi connectivity index (χ1) is 14.3. The van der Waals surface area contributed by atoms with Crippen molar-refractivity contribution in [2.24, 2.45) is 5.41 Å². The molecule has 2 heteroatoms. The van der Waals surface area contributed by atoms with Gasteiger partial charge in [-0.05, 0) is 29.7 Å². The van der Waals surface area contributed by atoms with Gasteiger partial charge in [-0.25, -0.2) is 0 Å². The van der Waals surface area contributed by atoms with Crippen molar-refractivity contribution >= 4 is 0 Å². The summed E-state index contributed by atoms with van der Waals surface area (Å²) in [6, 6.07) is 32.9. The van der Waals surface area contributed by atoms with Crippen LogP contribution in [-0.4, -0.2) is 42.5 Å². The minimum Gasteiger partial charge on any atom is -0.301 e. The first kappa shape index (κ1) is 18.6. The molecule has 1 spiro atoms. The summed E-state index contributed by atoms with van der Waals surface area (Å²) in [5, 5.41) is 0. The molecular weight excluding hydrogens is 352 g/mol. The van der Waals surface area contributed by atoms with Crippen LogP contribution in [0.15, 0.2) is 91.0 Å². The summed E-state index contributed by atoms with van der Waals surface area (Å²) in [6.45, 7) is 7.19. The van der Waals surface area contributed by atoms with Crippen molar-refractivity contribution in [3.63, 3.8) is 0 Å². The molecule has 5 rings (SSSR count). The van der Waals surface area contributed by atoms with Gasteiger partial charge in [-0.2, -0.15) is 0 Å². The summed E-state index contributed by atoms with van der Waals surface area (Å²) in [7, 11) is 0. The van der Waals surface area contributed by atoms with Gasteiger partial charge < -0.3 is 4.90 Å². The van der Waals surface area contributed by atoms with Crippen LogP contribution in [0.5, 0.6) is 0 Å². The van der Waals surface area contributed by atoms with E-state index in [4.69, 9.17) is 0 Å². The molecule has 0 unspecified atom stereocenters. The van der Waals surface area contributed by atoms with Crippen molar-refractivity contribution in [2.45, 2.75) is 18.9 Å². The predicted molar refractivity (Wildman–Crippen MR) is 120 cm³/mol. The van der Waals surface area contributed by atoms with Crippen molar-refractivity contribution in [3.05, 3.63) is 108 Å². The molecule has 0 N–H and O–H groups in total. The third-order valence-electron chi connectivity index (χ3n) is 6.73. The maximum Gasteiger partial charge on any atom is 0.0233 e. The van der Waals surface area contributed by atoms with Crippen LogP contribution in [0.25, 0.3) is 0 Å². The van der Waals surface area contributed by atoms with Gasteiger partial charge in [0.25, 0.3) is 0 Å². The summed E-state index contributed by atoms with van der Waals surface area (Å²) in [5.41, 5.74) is 4.81. The molecule has 0 atom stereocenters. The summed E-state index contributed by atoms with van der Waals surface area (Å²) in [4.78, 5) is 5.33. The summed E-state index contributed by atoms with van der Waals surface area (Å²) in [6.07, 6.45) is 1.34. The van der Waals surface area contributed by atoms with Crippen molar-refractivity contribution in [3.8, 4) is 0 Å². The number of hydrogen-bond acceptors (Lipinski definition) is 2. The van der Waals surface area contributed by atoms with E-state index in [0.29, 0.717) is 11.3 Å². The van der Waals surface area contributed by atoms with Crippen LogP contribution in [0.2, 0.25) is 0 Å². The fraction of sp³-hybridized carbons (Fsp3) is 0.333. The van der Waals surface area contributed by atoms with E-state index < -0.39 is 0 Å². The van der Waals surface area contributed by atoms with Crippen molar-refractivity contribution in [2.75, 3.05) is 32.7 Å². The predicted octanol–water partition coefficient (Wildman–Crippen LogP) is 5.03. The first-order valence-electron chi connectivity index (χ1n) is 10.9. The molecule has 29 heavy (non-hydrogen) atoms. The molecule has 0 aliphatic carbocycles. The zero-order valence-electron chi connectivity index (χ0n) is 17.1. The molecule has 2 fully saturated rings. The van der Waals surface area contributed by atoms with E-state index in [2.05, 4.69) is 101 Å². The highest BCUT2D eigenvalue weighted by molar-refractivity contribution is 5.33. The van der Waals surface area contributed by atoms with Crippen LogP contribution in [0, 0.1) is 5.41 Å². The summed E-state index contributed by atoms with van der Waals surface area (Å²) >= 11 is 0. The molecule has 2 aliphatic rings. The zero-order valence-corrected chi connectivity index (χ0v) is 17.1. The van der Waals surface area contributed by atoms with Gasteiger partial charge in [-0.3, -0.25) is 4.90 Å². The Morgan fingerprint density at radius 3 is 1.76 bits per heavy atom. The molecule has 3 aromatic carbocycles. The lowest BCUT2D eigenvalue weighted by Gasteiger charge is -2.49. The van der Waals surface area contributed by atoms with E-state index in [1.165, 1.54) is 49.3 Å². The standard InChI is InChI=1S/C27H30N2/c1-4-10-23(11-5-1)18-28-17-16-27(20-28)21-29(22-27)19-26(24-12-6-2-7-13-24)25-14-8-3-9-15-25/h1-15,26H,16-22H2. The monoisotopic (exact) mass is 382 g/mol. The molecule has 2 aliphatic heterocycles. The van der Waals surface area contributed by atoms with Crippen LogP contribution in [0.1, 0.15) is 29.0 Å². The minimum absolute atomic E-state index is 0.455. The molecule has 2 saturated heterocycles. The number of rotatable bonds is 6. The molecule has 148 valence electrons. The number of likely N-dealkylation sites (tertiary alicyclic amines) is 2. The zero-order chi connectivity index (χ0) is 19.5. The van der Waals surface area contributed by atoms with Gasteiger partial charge in [-0.15, -0.1) is 0 Å². The molecule has 0 amide bonds. The molecule has 2 nitrogen and oxygen atoms in total. The Morgan fingerprint density at radius 1 is 0.655 bits per heavy atom. The van der Waals surface area contributed by atoms with Crippen LogP contribution in [0.3, 0.4) is 0 Å². The minimum atomic E-state index is 0.455. The number of hydrogen-bond donors (Lipinski definition) is 0. The second-order valence-corrected chi connectivity index (χ2v) is 8.99. The maximum atomic E-state index is 2.68. The smallest absolute Gasteiger partial charge is 0.0233 e. The fourth-order valence-corrected chi connectivity index (χ4v) is 5.33. The Labute approximate surface area is 174 Å². The number of nitrogens with zero attached hydrogens (tertiary/aromatic N) is 2. The highest BCUT2D eigenvalue weighted by Gasteiger charge is 2.47. The number of benzene rings is 3. The molecule has 0 bridgehead atoms. The quantitative estimate of drug-likeness (QED) is 0.590. The van der Waals surface area contributed by atoms with Gasteiger partial charge in [0.15, 0.2) is 0 Å². The van der Waals surface area contributed by atoms with Crippen molar-refractivity contribution in [1.82, 2.24) is 9.80 Å². The summed E-state index contributed by atoms with van der Waals surface area (Å²) < 4.78 is 0. The largest absolute Gasteiger partial charge is 0.301 e. The highest BCUT2D eigenvalue weighted by atomic mass is 15.3. The molecule has 0 aromatic heterocycles. The Hall–Kier alpha value is -2.42. The molecular formula is C27H30N2. The molecule has 0 radical (unpaired) electrons. The second kappa shape index (κ2) is 8.14. The van der Waals surface area contributed by atoms with Gasteiger partial charge in [0.2, 0.25) is 0 Å². The van der Waals surface area contributed by atoms with E-state index in [1.807, 2.05) is 0 Å². The normalized spacial score (nSPS) is 18.9. The molecule has 3 aromatic rings. The Bertz CT molecular complexity index is 862. The SMILES string of the molecule is c1ccc(CN2CCC3(C2)CN(CC(c2ccccc2)c2ccccc2)C3)cc1. The van der Waals surface area contributed by atoms with E-state index in [0.717, 1.165) is 13.1 Å². The van der Waals surface area contributed by atoms with Gasteiger partial charge >= 0.3 is 0 Å². The lowest BCUT2D eigenvalue weighted by atomic mass is 9.77. The topological polar surface area (TPSA) is 6.48 Å². The Kier molecular flexibility index (Phi) is 5.22. The van der Waals surface area contributed by atoms with E-state index in [-0.39, 0.29) is 0 Å². The molecule has 0 saturated carbocycles. The van der Waals surface area contributed by atoms with Gasteiger partial charge in [0, 0.05) is 44.1 Å². The maximum absolute atomic E-state index is 2.68. The average Bonchev–Trinajstić information content (AvgIpc) is 3.17. The summed E-state index contributed by atoms with van der Waals surface area (Å²) in [5.74, 6) is 0.455. The van der Waals surface area contributed by atoms with Crippen LogP contribution in [0.4, 0.5) is 0 Å². The van der Waals surface area contributed by atoms with E-state index in [9.17, 15) is 0 Å². The first-order valence-corrected chi connectivity index (χ1v) is 10.9. The third kappa shape index (κ3) is 4.14. The van der Waals surface area contributed by atoms with E-state index >= 15 is 0 Å².